The number of carbonyl (C=O) groups is 4. The summed E-state index contributed by atoms with van der Waals surface area (Å²) >= 11 is 0. The van der Waals surface area contributed by atoms with Gasteiger partial charge in [-0.15, -0.1) is 0 Å². The number of carboxylic acid groups (broad SMARTS) is 3. The largest absolute Gasteiger partial charge is 0.490 e. The molecule has 12 heteroatoms. The third-order valence-electron chi connectivity index (χ3n) is 3.16. The lowest BCUT2D eigenvalue weighted by atomic mass is 10.1. The van der Waals surface area contributed by atoms with Crippen LogP contribution in [0.3, 0.4) is 0 Å². The van der Waals surface area contributed by atoms with E-state index in [9.17, 15) is 27.6 Å². The lowest BCUT2D eigenvalue weighted by molar-refractivity contribution is -0.192. The molecule has 6 N–H and O–H groups in total. The number of rotatable bonds is 8. The van der Waals surface area contributed by atoms with Crippen molar-refractivity contribution in [2.24, 2.45) is 5.73 Å². The minimum Gasteiger partial charge on any atom is -0.480 e. The number of nitrogens with one attached hydrogen (secondary N) is 1. The average molecular weight is 408 g/mol. The van der Waals surface area contributed by atoms with Crippen molar-refractivity contribution in [1.82, 2.24) is 5.32 Å². The molecule has 0 aromatic heterocycles. The highest BCUT2D eigenvalue weighted by Crippen LogP contribution is 2.13. The van der Waals surface area contributed by atoms with Gasteiger partial charge in [0.25, 0.3) is 0 Å². The van der Waals surface area contributed by atoms with Crippen LogP contribution in [-0.4, -0.2) is 57.4 Å². The molecule has 0 saturated heterocycles. The first kappa shape index (κ1) is 24.8. The van der Waals surface area contributed by atoms with Crippen LogP contribution in [-0.2, 0) is 25.6 Å². The number of amides is 1. The van der Waals surface area contributed by atoms with E-state index in [0.717, 1.165) is 5.56 Å². The number of halogens is 3. The van der Waals surface area contributed by atoms with E-state index in [1.165, 1.54) is 0 Å². The molecule has 0 saturated carbocycles. The molecule has 1 aromatic carbocycles. The van der Waals surface area contributed by atoms with Gasteiger partial charge in [-0.2, -0.15) is 13.2 Å². The maximum Gasteiger partial charge on any atom is 0.490 e. The molecule has 1 aromatic rings. The Bertz CT molecular complexity index is 681. The second kappa shape index (κ2) is 11.5. The molecule has 0 aliphatic carbocycles. The Morgan fingerprint density at radius 1 is 1.00 bits per heavy atom. The fourth-order valence-electron chi connectivity index (χ4n) is 1.73. The minimum atomic E-state index is -5.08. The van der Waals surface area contributed by atoms with Gasteiger partial charge in [-0.25, -0.2) is 9.59 Å². The van der Waals surface area contributed by atoms with Gasteiger partial charge in [0.1, 0.15) is 12.1 Å². The van der Waals surface area contributed by atoms with Gasteiger partial charge in [0.2, 0.25) is 5.91 Å². The van der Waals surface area contributed by atoms with Gasteiger partial charge in [0.15, 0.2) is 0 Å². The lowest BCUT2D eigenvalue weighted by Crippen LogP contribution is -2.43. The first-order chi connectivity index (χ1) is 12.8. The van der Waals surface area contributed by atoms with Crippen molar-refractivity contribution < 1.29 is 47.7 Å². The molecular formula is C16H19F3N2O7. The van der Waals surface area contributed by atoms with Gasteiger partial charge in [-0.1, -0.05) is 30.3 Å². The molecule has 0 unspecified atom stereocenters. The summed E-state index contributed by atoms with van der Waals surface area (Å²) in [6.45, 7) is 0. The van der Waals surface area contributed by atoms with Gasteiger partial charge in [-0.3, -0.25) is 9.59 Å². The van der Waals surface area contributed by atoms with Gasteiger partial charge in [0, 0.05) is 12.8 Å². The van der Waals surface area contributed by atoms with Crippen molar-refractivity contribution in [3.8, 4) is 0 Å². The molecule has 0 radical (unpaired) electrons. The molecule has 9 nitrogen and oxygen atoms in total. The van der Waals surface area contributed by atoms with Crippen molar-refractivity contribution in [1.29, 1.82) is 0 Å². The second-order valence-electron chi connectivity index (χ2n) is 5.43. The van der Waals surface area contributed by atoms with E-state index in [4.69, 9.17) is 25.8 Å². The number of nitrogens with two attached hydrogens (primary N) is 1. The predicted molar refractivity (Wildman–Crippen MR) is 88.2 cm³/mol. The summed E-state index contributed by atoms with van der Waals surface area (Å²) in [6.07, 6.45) is -5.10. The number of benzene rings is 1. The van der Waals surface area contributed by atoms with E-state index in [1.54, 1.807) is 24.3 Å². The SMILES string of the molecule is N[C@@H](CCC(=O)N[C@@H](Cc1ccccc1)C(=O)O)C(=O)O.O=C(O)C(F)(F)F. The zero-order valence-electron chi connectivity index (χ0n) is 14.3. The van der Waals surface area contributed by atoms with Crippen LogP contribution in [0.5, 0.6) is 0 Å². The summed E-state index contributed by atoms with van der Waals surface area (Å²) in [5.74, 6) is -5.63. The van der Waals surface area contributed by atoms with E-state index in [1.807, 2.05) is 6.07 Å². The number of carbonyl (C=O) groups excluding carboxylic acids is 1. The fourth-order valence-corrected chi connectivity index (χ4v) is 1.73. The van der Waals surface area contributed by atoms with Crippen LogP contribution in [0.25, 0.3) is 0 Å². The molecule has 28 heavy (non-hydrogen) atoms. The monoisotopic (exact) mass is 408 g/mol. The Labute approximate surface area is 157 Å². The average Bonchev–Trinajstić information content (AvgIpc) is 2.59. The summed E-state index contributed by atoms with van der Waals surface area (Å²) in [5, 5.41) is 27.2. The molecule has 0 spiro atoms. The summed E-state index contributed by atoms with van der Waals surface area (Å²) in [4.78, 5) is 42.2. The maximum absolute atomic E-state index is 11.7. The summed E-state index contributed by atoms with van der Waals surface area (Å²) in [7, 11) is 0. The molecule has 1 amide bonds. The third-order valence-corrected chi connectivity index (χ3v) is 3.16. The van der Waals surface area contributed by atoms with Crippen molar-refractivity contribution in [3.63, 3.8) is 0 Å². The first-order valence-corrected chi connectivity index (χ1v) is 7.69. The highest BCUT2D eigenvalue weighted by atomic mass is 19.4. The van der Waals surface area contributed by atoms with Crippen LogP contribution in [0.2, 0.25) is 0 Å². The summed E-state index contributed by atoms with van der Waals surface area (Å²) in [6, 6.07) is 6.72. The van der Waals surface area contributed by atoms with Gasteiger partial charge < -0.3 is 26.4 Å². The smallest absolute Gasteiger partial charge is 0.480 e. The molecule has 1 rings (SSSR count). The Morgan fingerprint density at radius 3 is 1.89 bits per heavy atom. The van der Waals surface area contributed by atoms with Crippen LogP contribution in [0, 0.1) is 0 Å². The van der Waals surface area contributed by atoms with Crippen molar-refractivity contribution in [3.05, 3.63) is 35.9 Å². The van der Waals surface area contributed by atoms with E-state index < -0.39 is 42.1 Å². The normalized spacial score (nSPS) is 12.7. The topological polar surface area (TPSA) is 167 Å². The number of aliphatic carboxylic acids is 3. The minimum absolute atomic E-state index is 0.0428. The maximum atomic E-state index is 11.7. The highest BCUT2D eigenvalue weighted by molar-refractivity contribution is 5.84. The number of hydrogen-bond donors (Lipinski definition) is 5. The van der Waals surface area contributed by atoms with E-state index >= 15 is 0 Å². The lowest BCUT2D eigenvalue weighted by Gasteiger charge is -2.15. The molecule has 0 aliphatic rings. The zero-order valence-corrected chi connectivity index (χ0v) is 14.3. The van der Waals surface area contributed by atoms with Crippen LogP contribution >= 0.6 is 0 Å². The first-order valence-electron chi connectivity index (χ1n) is 7.69. The Hall–Kier alpha value is -3.15. The fraction of sp³-hybridized carbons (Fsp3) is 0.375. The van der Waals surface area contributed by atoms with Crippen molar-refractivity contribution in [2.45, 2.75) is 37.5 Å². The Kier molecular flexibility index (Phi) is 10.2. The van der Waals surface area contributed by atoms with Crippen LogP contribution in [0.15, 0.2) is 30.3 Å². The Morgan fingerprint density at radius 2 is 1.50 bits per heavy atom. The molecule has 0 heterocycles. The zero-order chi connectivity index (χ0) is 21.9. The molecule has 0 fully saturated rings. The van der Waals surface area contributed by atoms with Gasteiger partial charge >= 0.3 is 24.1 Å². The Balaban J connectivity index is 0.000000887. The quantitative estimate of drug-likeness (QED) is 0.417. The number of hydrogen-bond acceptors (Lipinski definition) is 5. The van der Waals surface area contributed by atoms with E-state index in [0.29, 0.717) is 0 Å². The standard InChI is InChI=1S/C14H18N2O5.C2HF3O2/c15-10(13(18)19)6-7-12(17)16-11(14(20)21)8-9-4-2-1-3-5-9;3-2(4,5)1(6)7/h1-5,10-11H,6-8,15H2,(H,16,17)(H,18,19)(H,20,21);(H,6,7)/t10-,11-;/m0./s1. The molecular weight excluding hydrogens is 389 g/mol. The predicted octanol–water partition coefficient (Wildman–Crippen LogP) is 0.624. The number of alkyl halides is 3. The number of carboxylic acids is 3. The highest BCUT2D eigenvalue weighted by Gasteiger charge is 2.38. The van der Waals surface area contributed by atoms with Crippen LogP contribution < -0.4 is 11.1 Å². The molecule has 156 valence electrons. The van der Waals surface area contributed by atoms with Crippen LogP contribution in [0.4, 0.5) is 13.2 Å². The van der Waals surface area contributed by atoms with E-state index in [2.05, 4.69) is 5.32 Å². The third kappa shape index (κ3) is 10.8. The van der Waals surface area contributed by atoms with Crippen LogP contribution in [0.1, 0.15) is 18.4 Å². The van der Waals surface area contributed by atoms with Crippen molar-refractivity contribution in [2.75, 3.05) is 0 Å². The summed E-state index contributed by atoms with van der Waals surface area (Å²) < 4.78 is 31.7. The molecule has 0 bridgehead atoms. The van der Waals surface area contributed by atoms with E-state index in [-0.39, 0.29) is 19.3 Å². The second-order valence-corrected chi connectivity index (χ2v) is 5.43. The molecule has 0 aliphatic heterocycles. The van der Waals surface area contributed by atoms with Crippen molar-refractivity contribution >= 4 is 23.8 Å². The summed E-state index contributed by atoms with van der Waals surface area (Å²) in [5.41, 5.74) is 6.07. The molecule has 2 atom stereocenters. The van der Waals surface area contributed by atoms with Gasteiger partial charge in [0.05, 0.1) is 0 Å². The van der Waals surface area contributed by atoms with Gasteiger partial charge in [-0.05, 0) is 12.0 Å².